The Bertz CT molecular complexity index is 328. The van der Waals surface area contributed by atoms with Crippen molar-refractivity contribution in [3.05, 3.63) is 11.7 Å². The highest BCUT2D eigenvalue weighted by atomic mass is 16.5. The molecule has 0 bridgehead atoms. The predicted octanol–water partition coefficient (Wildman–Crippen LogP) is 1.75. The normalized spacial score (nSPS) is 24.6. The zero-order valence-electron chi connectivity index (χ0n) is 8.15. The molecular formula is C10H15N3O. The van der Waals surface area contributed by atoms with Crippen molar-refractivity contribution < 1.29 is 4.52 Å². The maximum absolute atomic E-state index is 5.98. The second kappa shape index (κ2) is 3.05. The monoisotopic (exact) mass is 193 g/mol. The molecule has 2 aliphatic rings. The van der Waals surface area contributed by atoms with Crippen LogP contribution in [0.4, 0.5) is 0 Å². The first-order valence-electron chi connectivity index (χ1n) is 5.43. The van der Waals surface area contributed by atoms with Crippen LogP contribution in [0.25, 0.3) is 0 Å². The van der Waals surface area contributed by atoms with Crippen molar-refractivity contribution in [1.82, 2.24) is 10.1 Å². The van der Waals surface area contributed by atoms with E-state index in [1.54, 1.807) is 0 Å². The lowest BCUT2D eigenvalue weighted by atomic mass is 9.85. The van der Waals surface area contributed by atoms with Crippen molar-refractivity contribution in [2.24, 2.45) is 11.7 Å². The second-order valence-electron chi connectivity index (χ2n) is 4.48. The van der Waals surface area contributed by atoms with Crippen LogP contribution in [0.2, 0.25) is 0 Å². The molecule has 2 N–H and O–H groups in total. The van der Waals surface area contributed by atoms with E-state index in [4.69, 9.17) is 10.3 Å². The fraction of sp³-hybridized carbons (Fsp3) is 0.800. The van der Waals surface area contributed by atoms with Gasteiger partial charge in [-0.25, -0.2) is 0 Å². The van der Waals surface area contributed by atoms with Gasteiger partial charge in [-0.15, -0.1) is 0 Å². The number of aromatic nitrogens is 2. The highest BCUT2D eigenvalue weighted by molar-refractivity contribution is 5.03. The number of hydrogen-bond acceptors (Lipinski definition) is 4. The molecule has 0 amide bonds. The fourth-order valence-corrected chi connectivity index (χ4v) is 1.87. The van der Waals surface area contributed by atoms with Crippen LogP contribution in [-0.2, 0) is 0 Å². The van der Waals surface area contributed by atoms with E-state index in [0.717, 1.165) is 5.82 Å². The molecule has 0 saturated heterocycles. The lowest BCUT2D eigenvalue weighted by Crippen LogP contribution is -2.14. The molecule has 0 radical (unpaired) electrons. The quantitative estimate of drug-likeness (QED) is 0.794. The van der Waals surface area contributed by atoms with Crippen LogP contribution >= 0.6 is 0 Å². The molecule has 3 rings (SSSR count). The number of rotatable bonds is 3. The Morgan fingerprint density at radius 1 is 1.29 bits per heavy atom. The van der Waals surface area contributed by atoms with Gasteiger partial charge in [-0.2, -0.15) is 4.98 Å². The molecular weight excluding hydrogens is 178 g/mol. The predicted molar refractivity (Wildman–Crippen MR) is 50.5 cm³/mol. The van der Waals surface area contributed by atoms with Gasteiger partial charge >= 0.3 is 0 Å². The van der Waals surface area contributed by atoms with E-state index in [2.05, 4.69) is 10.1 Å². The van der Waals surface area contributed by atoms with Crippen molar-refractivity contribution in [2.75, 3.05) is 0 Å². The van der Waals surface area contributed by atoms with Crippen LogP contribution in [0.1, 0.15) is 55.8 Å². The molecule has 0 spiro atoms. The summed E-state index contributed by atoms with van der Waals surface area (Å²) in [5.74, 6) is 2.65. The Balaban J connectivity index is 1.75. The van der Waals surface area contributed by atoms with E-state index >= 15 is 0 Å². The minimum absolute atomic E-state index is 0.0173. The Morgan fingerprint density at radius 3 is 2.64 bits per heavy atom. The number of nitrogens with zero attached hydrogens (tertiary/aromatic N) is 2. The van der Waals surface area contributed by atoms with E-state index in [9.17, 15) is 0 Å². The van der Waals surface area contributed by atoms with Gasteiger partial charge in [-0.3, -0.25) is 0 Å². The van der Waals surface area contributed by atoms with Crippen molar-refractivity contribution >= 4 is 0 Å². The maximum atomic E-state index is 5.98. The van der Waals surface area contributed by atoms with Crippen LogP contribution in [-0.4, -0.2) is 10.1 Å². The Kier molecular flexibility index (Phi) is 1.83. The standard InChI is InChI=1S/C10H15N3O/c11-8(6-4-5-6)10-12-9(13-14-10)7-2-1-3-7/h6-8H,1-5,11H2. The highest BCUT2D eigenvalue weighted by Gasteiger charge is 2.34. The SMILES string of the molecule is NC(c1nc(C2CCC2)no1)C1CC1. The summed E-state index contributed by atoms with van der Waals surface area (Å²) < 4.78 is 5.20. The van der Waals surface area contributed by atoms with Gasteiger partial charge in [0, 0.05) is 5.92 Å². The molecule has 2 fully saturated rings. The van der Waals surface area contributed by atoms with Gasteiger partial charge in [0.05, 0.1) is 6.04 Å². The molecule has 1 heterocycles. The topological polar surface area (TPSA) is 64.9 Å². The third kappa shape index (κ3) is 1.34. The summed E-state index contributed by atoms with van der Waals surface area (Å²) in [4.78, 5) is 4.39. The van der Waals surface area contributed by atoms with Gasteiger partial charge in [-0.1, -0.05) is 11.6 Å². The Morgan fingerprint density at radius 2 is 2.07 bits per heavy atom. The largest absolute Gasteiger partial charge is 0.338 e. The molecule has 0 aromatic carbocycles. The molecule has 2 aliphatic carbocycles. The Labute approximate surface area is 82.9 Å². The molecule has 1 unspecified atom stereocenters. The van der Waals surface area contributed by atoms with E-state index in [1.807, 2.05) is 0 Å². The lowest BCUT2D eigenvalue weighted by Gasteiger charge is -2.21. The molecule has 76 valence electrons. The molecule has 1 atom stereocenters. The van der Waals surface area contributed by atoms with Crippen molar-refractivity contribution in [3.63, 3.8) is 0 Å². The summed E-state index contributed by atoms with van der Waals surface area (Å²) in [6.07, 6.45) is 6.13. The van der Waals surface area contributed by atoms with Crippen LogP contribution < -0.4 is 5.73 Å². The van der Waals surface area contributed by atoms with Crippen molar-refractivity contribution in [3.8, 4) is 0 Å². The first-order chi connectivity index (χ1) is 6.84. The molecule has 2 saturated carbocycles. The summed E-state index contributed by atoms with van der Waals surface area (Å²) in [5.41, 5.74) is 5.98. The smallest absolute Gasteiger partial charge is 0.243 e. The lowest BCUT2D eigenvalue weighted by molar-refractivity contribution is 0.327. The first-order valence-corrected chi connectivity index (χ1v) is 5.43. The molecule has 1 aromatic rings. The van der Waals surface area contributed by atoms with Crippen LogP contribution in [0, 0.1) is 5.92 Å². The third-order valence-corrected chi connectivity index (χ3v) is 3.34. The fourth-order valence-electron chi connectivity index (χ4n) is 1.87. The van der Waals surface area contributed by atoms with Gasteiger partial charge in [0.1, 0.15) is 0 Å². The van der Waals surface area contributed by atoms with Crippen molar-refractivity contribution in [1.29, 1.82) is 0 Å². The molecule has 4 nitrogen and oxygen atoms in total. The summed E-state index contributed by atoms with van der Waals surface area (Å²) in [6.45, 7) is 0. The first kappa shape index (κ1) is 8.41. The van der Waals surface area contributed by atoms with Crippen LogP contribution in [0.5, 0.6) is 0 Å². The second-order valence-corrected chi connectivity index (χ2v) is 4.48. The number of hydrogen-bond donors (Lipinski definition) is 1. The van der Waals surface area contributed by atoms with Gasteiger partial charge < -0.3 is 10.3 Å². The van der Waals surface area contributed by atoms with Gasteiger partial charge in [0.25, 0.3) is 0 Å². The number of nitrogens with two attached hydrogens (primary N) is 1. The molecule has 0 aliphatic heterocycles. The van der Waals surface area contributed by atoms with Crippen molar-refractivity contribution in [2.45, 2.75) is 44.1 Å². The average molecular weight is 193 g/mol. The summed E-state index contributed by atoms with van der Waals surface area (Å²) in [5, 5.41) is 4.00. The average Bonchev–Trinajstić information content (AvgIpc) is 2.83. The van der Waals surface area contributed by atoms with Crippen LogP contribution in [0.3, 0.4) is 0 Å². The maximum Gasteiger partial charge on any atom is 0.243 e. The Hall–Kier alpha value is -0.900. The van der Waals surface area contributed by atoms with Gasteiger partial charge in [0.15, 0.2) is 5.82 Å². The summed E-state index contributed by atoms with van der Waals surface area (Å²) in [7, 11) is 0. The third-order valence-electron chi connectivity index (χ3n) is 3.34. The van der Waals surface area contributed by atoms with E-state index < -0.39 is 0 Å². The minimum Gasteiger partial charge on any atom is -0.338 e. The summed E-state index contributed by atoms with van der Waals surface area (Å²) in [6, 6.07) is -0.0173. The van der Waals surface area contributed by atoms with E-state index in [1.165, 1.54) is 32.1 Å². The molecule has 1 aromatic heterocycles. The minimum atomic E-state index is -0.0173. The zero-order chi connectivity index (χ0) is 9.54. The molecule has 4 heteroatoms. The van der Waals surface area contributed by atoms with Crippen LogP contribution in [0.15, 0.2) is 4.52 Å². The highest BCUT2D eigenvalue weighted by Crippen LogP contribution is 2.40. The van der Waals surface area contributed by atoms with Gasteiger partial charge in [-0.05, 0) is 31.6 Å². The van der Waals surface area contributed by atoms with E-state index in [0.29, 0.717) is 17.7 Å². The van der Waals surface area contributed by atoms with Gasteiger partial charge in [0.2, 0.25) is 5.89 Å². The summed E-state index contributed by atoms with van der Waals surface area (Å²) >= 11 is 0. The molecule has 14 heavy (non-hydrogen) atoms. The zero-order valence-corrected chi connectivity index (χ0v) is 8.15. The van der Waals surface area contributed by atoms with E-state index in [-0.39, 0.29) is 6.04 Å².